The van der Waals surface area contributed by atoms with Gasteiger partial charge in [-0.1, -0.05) is 29.3 Å². The molecule has 136 valence electrons. The quantitative estimate of drug-likeness (QED) is 0.260. The number of hydrogen-bond acceptors (Lipinski definition) is 2. The fourth-order valence-electron chi connectivity index (χ4n) is 2.85. The normalized spacial score (nSPS) is 16.7. The fourth-order valence-corrected chi connectivity index (χ4v) is 3.42. The van der Waals surface area contributed by atoms with Gasteiger partial charge in [-0.2, -0.15) is 0 Å². The van der Waals surface area contributed by atoms with E-state index in [1.807, 2.05) is 19.1 Å². The zero-order valence-electron chi connectivity index (χ0n) is 14.1. The third-order valence-electron chi connectivity index (χ3n) is 4.16. The van der Waals surface area contributed by atoms with Crippen LogP contribution in [0.25, 0.3) is 0 Å². The van der Waals surface area contributed by atoms with Crippen molar-refractivity contribution in [3.8, 4) is 0 Å². The first kappa shape index (κ1) is 21.8. The first-order valence-corrected chi connectivity index (χ1v) is 9.05. The number of likely N-dealkylation sites (tertiary alicyclic amines) is 1. The summed E-state index contributed by atoms with van der Waals surface area (Å²) in [6.07, 6.45) is 4.94. The van der Waals surface area contributed by atoms with E-state index in [2.05, 4.69) is 15.2 Å². The minimum Gasteiger partial charge on any atom is -0.370 e. The van der Waals surface area contributed by atoms with E-state index in [0.29, 0.717) is 16.0 Å². The Kier molecular flexibility index (Phi) is 10.3. The lowest BCUT2D eigenvalue weighted by atomic mass is 10.1. The van der Waals surface area contributed by atoms with Crippen LogP contribution in [0.1, 0.15) is 44.2 Å². The Balaban J connectivity index is 0.00000288. The van der Waals surface area contributed by atoms with E-state index < -0.39 is 0 Å². The topological polar surface area (TPSA) is 53.6 Å². The zero-order valence-corrected chi connectivity index (χ0v) is 17.9. The zero-order chi connectivity index (χ0) is 16.7. The maximum Gasteiger partial charge on any atom is 0.189 e. The monoisotopic (exact) mass is 484 g/mol. The smallest absolute Gasteiger partial charge is 0.189 e. The molecule has 1 fully saturated rings. The molecule has 7 heteroatoms. The van der Waals surface area contributed by atoms with Crippen molar-refractivity contribution in [2.75, 3.05) is 26.2 Å². The van der Waals surface area contributed by atoms with E-state index in [1.54, 1.807) is 6.07 Å². The first-order valence-electron chi connectivity index (χ1n) is 8.30. The van der Waals surface area contributed by atoms with Crippen LogP contribution in [0, 0.1) is 0 Å². The van der Waals surface area contributed by atoms with Gasteiger partial charge in [0.2, 0.25) is 0 Å². The molecule has 0 amide bonds. The van der Waals surface area contributed by atoms with Crippen molar-refractivity contribution in [3.63, 3.8) is 0 Å². The van der Waals surface area contributed by atoms with Crippen LogP contribution in [0.15, 0.2) is 23.2 Å². The average Bonchev–Trinajstić information content (AvgIpc) is 3.00. The fraction of sp³-hybridized carbons (Fsp3) is 0.588. The minimum atomic E-state index is -0.00637. The Hall–Kier alpha value is -0.240. The molecule has 1 unspecified atom stereocenters. The molecule has 1 aliphatic heterocycles. The van der Waals surface area contributed by atoms with Gasteiger partial charge in [-0.05, 0) is 69.9 Å². The molecule has 0 saturated carbocycles. The number of rotatable bonds is 7. The summed E-state index contributed by atoms with van der Waals surface area (Å²) in [5.74, 6) is 0.463. The first-order chi connectivity index (χ1) is 11.1. The van der Waals surface area contributed by atoms with Crippen molar-refractivity contribution in [2.24, 2.45) is 10.7 Å². The molecule has 24 heavy (non-hydrogen) atoms. The molecule has 0 radical (unpaired) electrons. The van der Waals surface area contributed by atoms with E-state index >= 15 is 0 Å². The number of halogens is 3. The highest BCUT2D eigenvalue weighted by molar-refractivity contribution is 14.0. The minimum absolute atomic E-state index is 0. The second-order valence-electron chi connectivity index (χ2n) is 6.05. The van der Waals surface area contributed by atoms with Gasteiger partial charge in [0.05, 0.1) is 6.04 Å². The number of nitrogens with zero attached hydrogens (tertiary/aromatic N) is 2. The molecule has 4 nitrogen and oxygen atoms in total. The van der Waals surface area contributed by atoms with Crippen molar-refractivity contribution in [2.45, 2.75) is 38.6 Å². The third-order valence-corrected chi connectivity index (χ3v) is 4.72. The summed E-state index contributed by atoms with van der Waals surface area (Å²) in [5.41, 5.74) is 6.92. The van der Waals surface area contributed by atoms with E-state index in [0.717, 1.165) is 18.5 Å². The number of nitrogens with two attached hydrogens (primary N) is 1. The second-order valence-corrected chi connectivity index (χ2v) is 6.90. The lowest BCUT2D eigenvalue weighted by molar-refractivity contribution is 0.331. The van der Waals surface area contributed by atoms with E-state index in [1.165, 1.54) is 38.9 Å². The molecule has 1 aromatic carbocycles. The summed E-state index contributed by atoms with van der Waals surface area (Å²) >= 11 is 12.1. The summed E-state index contributed by atoms with van der Waals surface area (Å²) < 4.78 is 0. The van der Waals surface area contributed by atoms with Gasteiger partial charge in [-0.15, -0.1) is 24.0 Å². The van der Waals surface area contributed by atoms with Crippen LogP contribution in [0.3, 0.4) is 0 Å². The summed E-state index contributed by atoms with van der Waals surface area (Å²) in [6.45, 7) is 6.46. The highest BCUT2D eigenvalue weighted by Gasteiger charge is 2.11. The van der Waals surface area contributed by atoms with E-state index in [9.17, 15) is 0 Å². The van der Waals surface area contributed by atoms with Crippen LogP contribution in [0.2, 0.25) is 10.0 Å². The van der Waals surface area contributed by atoms with Gasteiger partial charge < -0.3 is 16.0 Å². The largest absolute Gasteiger partial charge is 0.370 e. The van der Waals surface area contributed by atoms with Crippen LogP contribution < -0.4 is 11.1 Å². The van der Waals surface area contributed by atoms with Crippen LogP contribution in [-0.2, 0) is 0 Å². The SMILES string of the molecule is CC(NC(N)=NCCCCN1CCCC1)c1ccc(Cl)cc1Cl.I. The lowest BCUT2D eigenvalue weighted by Gasteiger charge is -2.16. The molecule has 1 atom stereocenters. The third kappa shape index (κ3) is 7.33. The lowest BCUT2D eigenvalue weighted by Crippen LogP contribution is -2.34. The number of guanidine groups is 1. The average molecular weight is 485 g/mol. The van der Waals surface area contributed by atoms with Gasteiger partial charge in [0.1, 0.15) is 0 Å². The Bertz CT molecular complexity index is 533. The van der Waals surface area contributed by atoms with Crippen molar-refractivity contribution in [3.05, 3.63) is 33.8 Å². The van der Waals surface area contributed by atoms with E-state index in [4.69, 9.17) is 28.9 Å². The number of nitrogens with one attached hydrogen (secondary N) is 1. The van der Waals surface area contributed by atoms with Gasteiger partial charge >= 0.3 is 0 Å². The van der Waals surface area contributed by atoms with Gasteiger partial charge in [0.25, 0.3) is 0 Å². The molecule has 1 heterocycles. The Morgan fingerprint density at radius 1 is 1.29 bits per heavy atom. The maximum absolute atomic E-state index is 6.21. The molecule has 0 spiro atoms. The Labute approximate surface area is 172 Å². The van der Waals surface area contributed by atoms with Crippen LogP contribution in [-0.4, -0.2) is 37.0 Å². The van der Waals surface area contributed by atoms with Gasteiger partial charge in [0, 0.05) is 16.6 Å². The number of hydrogen-bond donors (Lipinski definition) is 2. The van der Waals surface area contributed by atoms with Crippen LogP contribution in [0.4, 0.5) is 0 Å². The highest BCUT2D eigenvalue weighted by atomic mass is 127. The van der Waals surface area contributed by atoms with Crippen molar-refractivity contribution < 1.29 is 0 Å². The molecular formula is C17H27Cl2IN4. The highest BCUT2D eigenvalue weighted by Crippen LogP contribution is 2.25. The molecule has 1 aliphatic rings. The molecule has 0 aromatic heterocycles. The summed E-state index contributed by atoms with van der Waals surface area (Å²) in [5, 5.41) is 4.44. The standard InChI is InChI=1S/C17H26Cl2N4.HI/c1-13(15-7-6-14(18)12-16(15)19)22-17(20)21-8-2-3-9-23-10-4-5-11-23;/h6-7,12-13H,2-5,8-11H2,1H3,(H3,20,21,22);1H. The Morgan fingerprint density at radius 3 is 2.67 bits per heavy atom. The predicted octanol–water partition coefficient (Wildman–Crippen LogP) is 4.45. The molecule has 1 aromatic rings. The van der Waals surface area contributed by atoms with Crippen molar-refractivity contribution in [1.82, 2.24) is 10.2 Å². The molecule has 0 aliphatic carbocycles. The van der Waals surface area contributed by atoms with Gasteiger partial charge in [0.15, 0.2) is 5.96 Å². The molecule has 2 rings (SSSR count). The van der Waals surface area contributed by atoms with Gasteiger partial charge in [-0.25, -0.2) is 0 Å². The molecule has 3 N–H and O–H groups in total. The second kappa shape index (κ2) is 11.4. The number of aliphatic imine (C=N–C) groups is 1. The predicted molar refractivity (Wildman–Crippen MR) is 115 cm³/mol. The van der Waals surface area contributed by atoms with Gasteiger partial charge in [-0.3, -0.25) is 4.99 Å². The summed E-state index contributed by atoms with van der Waals surface area (Å²) in [4.78, 5) is 6.92. The number of unbranched alkanes of at least 4 members (excludes halogenated alkanes) is 1. The summed E-state index contributed by atoms with van der Waals surface area (Å²) in [6, 6.07) is 5.47. The maximum atomic E-state index is 6.21. The Morgan fingerprint density at radius 2 is 2.00 bits per heavy atom. The van der Waals surface area contributed by atoms with Crippen LogP contribution >= 0.6 is 47.2 Å². The van der Waals surface area contributed by atoms with Crippen molar-refractivity contribution >= 4 is 53.1 Å². The molecule has 1 saturated heterocycles. The molecular weight excluding hydrogens is 458 g/mol. The van der Waals surface area contributed by atoms with E-state index in [-0.39, 0.29) is 30.0 Å². The summed E-state index contributed by atoms with van der Waals surface area (Å²) in [7, 11) is 0. The molecule has 0 bridgehead atoms. The van der Waals surface area contributed by atoms with Crippen LogP contribution in [0.5, 0.6) is 0 Å². The van der Waals surface area contributed by atoms with Crippen molar-refractivity contribution in [1.29, 1.82) is 0 Å². The number of benzene rings is 1.